The van der Waals surface area contributed by atoms with E-state index in [1.165, 1.54) is 17.7 Å². The van der Waals surface area contributed by atoms with Crippen molar-refractivity contribution in [2.24, 2.45) is 0 Å². The molecule has 9 nitrogen and oxygen atoms in total. The third-order valence-electron chi connectivity index (χ3n) is 3.23. The van der Waals surface area contributed by atoms with Crippen LogP contribution in [0, 0.1) is 24.0 Å². The van der Waals surface area contributed by atoms with Crippen LogP contribution in [-0.2, 0) is 0 Å². The van der Waals surface area contributed by atoms with E-state index in [9.17, 15) is 10.1 Å². The maximum absolute atomic E-state index is 11.5. The van der Waals surface area contributed by atoms with Crippen LogP contribution in [0.25, 0.3) is 0 Å². The molecule has 3 heterocycles. The van der Waals surface area contributed by atoms with E-state index in [0.29, 0.717) is 10.9 Å². The van der Waals surface area contributed by atoms with Crippen molar-refractivity contribution in [2.45, 2.75) is 13.8 Å². The van der Waals surface area contributed by atoms with E-state index < -0.39 is 4.92 Å². The predicted octanol–water partition coefficient (Wildman–Crippen LogP) is 4.10. The molecule has 0 aliphatic rings. The normalized spacial score (nSPS) is 10.5. The van der Waals surface area contributed by atoms with Gasteiger partial charge in [-0.2, -0.15) is 0 Å². The highest BCUT2D eigenvalue weighted by Gasteiger charge is 2.24. The number of nitrogens with zero attached hydrogens (tertiary/aromatic N) is 5. The number of nitrogens with one attached hydrogen (secondary N) is 2. The summed E-state index contributed by atoms with van der Waals surface area (Å²) in [5.41, 5.74) is 0.583. The zero-order valence-corrected chi connectivity index (χ0v) is 15.6. The lowest BCUT2D eigenvalue weighted by atomic mass is 10.4. The van der Waals surface area contributed by atoms with Crippen molar-refractivity contribution in [3.8, 4) is 0 Å². The van der Waals surface area contributed by atoms with Crippen LogP contribution in [0.4, 0.5) is 28.3 Å². The molecule has 0 aromatic carbocycles. The molecule has 25 heavy (non-hydrogen) atoms. The second kappa shape index (κ2) is 7.07. The molecule has 0 unspecified atom stereocenters. The number of halogens is 1. The highest BCUT2D eigenvalue weighted by atomic mass is 79.9. The molecule has 0 aliphatic heterocycles. The lowest BCUT2D eigenvalue weighted by Gasteiger charge is -2.08. The minimum absolute atomic E-state index is 0.0438. The number of nitro groups is 1. The van der Waals surface area contributed by atoms with Gasteiger partial charge in [0.2, 0.25) is 11.6 Å². The topological polar surface area (TPSA) is 119 Å². The summed E-state index contributed by atoms with van der Waals surface area (Å²) in [6.07, 6.45) is 2.82. The molecule has 3 aromatic rings. The Balaban J connectivity index is 1.96. The second-order valence-corrected chi connectivity index (χ2v) is 7.07. The van der Waals surface area contributed by atoms with Gasteiger partial charge in [0, 0.05) is 15.5 Å². The molecule has 3 aromatic heterocycles. The first-order valence-electron chi connectivity index (χ1n) is 7.03. The summed E-state index contributed by atoms with van der Waals surface area (Å²) >= 11 is 4.68. The number of anilines is 4. The summed E-state index contributed by atoms with van der Waals surface area (Å²) in [6.45, 7) is 3.80. The molecule has 0 saturated carbocycles. The van der Waals surface area contributed by atoms with Crippen molar-refractivity contribution in [3.05, 3.63) is 49.8 Å². The Hall–Kier alpha value is -2.66. The summed E-state index contributed by atoms with van der Waals surface area (Å²) in [6, 6.07) is 3.44. The van der Waals surface area contributed by atoms with Crippen LogP contribution in [-0.4, -0.2) is 24.9 Å². The molecule has 0 fully saturated rings. The standard InChI is InChI=1S/C14H12BrN7O2S/c1-7-8(2)25-14(19-7)21-13-11(22(23)24)12(17-6-18-13)20-10-4-3-9(15)5-16-10/h3-6H,1-2H3,(H2,16,17,18,19,20,21). The van der Waals surface area contributed by atoms with Crippen LogP contribution in [0.2, 0.25) is 0 Å². The zero-order chi connectivity index (χ0) is 18.0. The van der Waals surface area contributed by atoms with Crippen LogP contribution in [0.5, 0.6) is 0 Å². The van der Waals surface area contributed by atoms with E-state index in [-0.39, 0.29) is 17.3 Å². The Labute approximate surface area is 154 Å². The van der Waals surface area contributed by atoms with Crippen molar-refractivity contribution in [1.82, 2.24) is 19.9 Å². The van der Waals surface area contributed by atoms with Crippen LogP contribution in [0.15, 0.2) is 29.1 Å². The van der Waals surface area contributed by atoms with Crippen molar-refractivity contribution in [3.63, 3.8) is 0 Å². The van der Waals surface area contributed by atoms with Gasteiger partial charge in [-0.05, 0) is 41.9 Å². The van der Waals surface area contributed by atoms with Gasteiger partial charge in [0.25, 0.3) is 0 Å². The van der Waals surface area contributed by atoms with Gasteiger partial charge < -0.3 is 10.6 Å². The SMILES string of the molecule is Cc1nc(Nc2ncnc(Nc3ccc(Br)cn3)c2[N+](=O)[O-])sc1C. The minimum Gasteiger partial charge on any atom is -0.319 e. The van der Waals surface area contributed by atoms with Crippen molar-refractivity contribution in [1.29, 1.82) is 0 Å². The quantitative estimate of drug-likeness (QED) is 0.466. The van der Waals surface area contributed by atoms with Crippen molar-refractivity contribution >= 4 is 55.5 Å². The number of aromatic nitrogens is 4. The summed E-state index contributed by atoms with van der Waals surface area (Å²) in [5.74, 6) is 0.535. The lowest BCUT2D eigenvalue weighted by molar-refractivity contribution is -0.383. The number of hydrogen-bond donors (Lipinski definition) is 2. The Morgan fingerprint density at radius 1 is 1.16 bits per heavy atom. The fraction of sp³-hybridized carbons (Fsp3) is 0.143. The molecule has 0 saturated heterocycles. The van der Waals surface area contributed by atoms with E-state index in [4.69, 9.17) is 0 Å². The molecule has 0 aliphatic carbocycles. The summed E-state index contributed by atoms with van der Waals surface area (Å²) in [7, 11) is 0. The van der Waals surface area contributed by atoms with Gasteiger partial charge in [0.05, 0.1) is 10.6 Å². The van der Waals surface area contributed by atoms with Crippen LogP contribution >= 0.6 is 27.3 Å². The molecule has 3 rings (SSSR count). The van der Waals surface area contributed by atoms with Gasteiger partial charge in [-0.1, -0.05) is 0 Å². The third-order valence-corrected chi connectivity index (χ3v) is 4.69. The Morgan fingerprint density at radius 3 is 2.44 bits per heavy atom. The highest BCUT2D eigenvalue weighted by molar-refractivity contribution is 9.10. The first kappa shape index (κ1) is 17.2. The molecule has 0 spiro atoms. The molecule has 11 heteroatoms. The summed E-state index contributed by atoms with van der Waals surface area (Å²) in [5, 5.41) is 17.8. The molecular weight excluding hydrogens is 410 g/mol. The highest BCUT2D eigenvalue weighted by Crippen LogP contribution is 2.34. The average Bonchev–Trinajstić information content (AvgIpc) is 2.87. The first-order valence-corrected chi connectivity index (χ1v) is 8.64. The fourth-order valence-corrected chi connectivity index (χ4v) is 2.98. The molecule has 0 bridgehead atoms. The minimum atomic E-state index is -0.545. The molecule has 128 valence electrons. The number of thiazole rings is 1. The van der Waals surface area contributed by atoms with E-state index in [1.54, 1.807) is 18.3 Å². The van der Waals surface area contributed by atoms with Gasteiger partial charge in [-0.15, -0.1) is 11.3 Å². The van der Waals surface area contributed by atoms with E-state index >= 15 is 0 Å². The lowest BCUT2D eigenvalue weighted by Crippen LogP contribution is -2.06. The summed E-state index contributed by atoms with van der Waals surface area (Å²) < 4.78 is 0.798. The van der Waals surface area contributed by atoms with E-state index in [1.807, 2.05) is 13.8 Å². The van der Waals surface area contributed by atoms with Gasteiger partial charge in [0.15, 0.2) is 5.13 Å². The average molecular weight is 422 g/mol. The van der Waals surface area contributed by atoms with Crippen LogP contribution in [0.1, 0.15) is 10.6 Å². The molecule has 0 radical (unpaired) electrons. The maximum atomic E-state index is 11.5. The predicted molar refractivity (Wildman–Crippen MR) is 98.8 cm³/mol. The van der Waals surface area contributed by atoms with E-state index in [0.717, 1.165) is 15.0 Å². The van der Waals surface area contributed by atoms with Crippen LogP contribution in [0.3, 0.4) is 0 Å². The number of pyridine rings is 1. The Bertz CT molecular complexity index is 910. The van der Waals surface area contributed by atoms with Gasteiger partial charge in [-0.25, -0.2) is 19.9 Å². The first-order chi connectivity index (χ1) is 11.9. The van der Waals surface area contributed by atoms with Crippen molar-refractivity contribution in [2.75, 3.05) is 10.6 Å². The molecule has 0 amide bonds. The maximum Gasteiger partial charge on any atom is 0.354 e. The molecule has 2 N–H and O–H groups in total. The Morgan fingerprint density at radius 2 is 1.88 bits per heavy atom. The summed E-state index contributed by atoms with van der Waals surface area (Å²) in [4.78, 5) is 28.4. The van der Waals surface area contributed by atoms with Gasteiger partial charge in [-0.3, -0.25) is 10.1 Å². The van der Waals surface area contributed by atoms with Crippen molar-refractivity contribution < 1.29 is 4.92 Å². The van der Waals surface area contributed by atoms with Crippen LogP contribution < -0.4 is 10.6 Å². The second-order valence-electron chi connectivity index (χ2n) is 4.95. The smallest absolute Gasteiger partial charge is 0.319 e. The Kier molecular flexibility index (Phi) is 4.86. The fourth-order valence-electron chi connectivity index (χ4n) is 1.93. The van der Waals surface area contributed by atoms with Gasteiger partial charge >= 0.3 is 5.69 Å². The molecular formula is C14H12BrN7O2S. The third kappa shape index (κ3) is 3.88. The van der Waals surface area contributed by atoms with E-state index in [2.05, 4.69) is 46.5 Å². The number of rotatable bonds is 5. The number of hydrogen-bond acceptors (Lipinski definition) is 9. The number of aryl methyl sites for hydroxylation is 2. The van der Waals surface area contributed by atoms with Gasteiger partial charge in [0.1, 0.15) is 12.1 Å². The molecule has 0 atom stereocenters. The zero-order valence-electron chi connectivity index (χ0n) is 13.1. The monoisotopic (exact) mass is 421 g/mol. The largest absolute Gasteiger partial charge is 0.354 e.